The van der Waals surface area contributed by atoms with Gasteiger partial charge < -0.3 is 5.32 Å². The van der Waals surface area contributed by atoms with E-state index in [9.17, 15) is 4.79 Å². The summed E-state index contributed by atoms with van der Waals surface area (Å²) in [5.74, 6) is -0.208. The smallest absolute Gasteiger partial charge is 0.255 e. The summed E-state index contributed by atoms with van der Waals surface area (Å²) in [5.41, 5.74) is 4.79. The van der Waals surface area contributed by atoms with Crippen molar-refractivity contribution in [3.63, 3.8) is 0 Å². The predicted molar refractivity (Wildman–Crippen MR) is 112 cm³/mol. The summed E-state index contributed by atoms with van der Waals surface area (Å²) in [6.07, 6.45) is 6.64. The number of nitrogens with zero attached hydrogens (tertiary/aromatic N) is 4. The lowest BCUT2D eigenvalue weighted by atomic mass is 10.1. The van der Waals surface area contributed by atoms with Crippen LogP contribution in [0.3, 0.4) is 0 Å². The molecule has 4 aromatic rings. The van der Waals surface area contributed by atoms with E-state index in [1.807, 2.05) is 68.4 Å². The zero-order chi connectivity index (χ0) is 20.2. The first-order valence-electron chi connectivity index (χ1n) is 9.41. The van der Waals surface area contributed by atoms with Gasteiger partial charge >= 0.3 is 0 Å². The van der Waals surface area contributed by atoms with Crippen molar-refractivity contribution in [2.75, 3.05) is 0 Å². The number of carbonyl (C=O) groups excluding carboxylic acids is 1. The van der Waals surface area contributed by atoms with Crippen molar-refractivity contribution in [2.45, 2.75) is 19.9 Å². The van der Waals surface area contributed by atoms with Gasteiger partial charge in [0.1, 0.15) is 5.69 Å². The summed E-state index contributed by atoms with van der Waals surface area (Å²) in [6, 6.07) is 17.5. The molecule has 0 unspecified atom stereocenters. The minimum Gasteiger partial charge on any atom is -0.344 e. The average Bonchev–Trinajstić information content (AvgIpc) is 3.21. The average molecular weight is 383 g/mol. The number of aromatic nitrogens is 4. The van der Waals surface area contributed by atoms with Crippen LogP contribution in [-0.2, 0) is 0 Å². The van der Waals surface area contributed by atoms with E-state index >= 15 is 0 Å². The number of hydrogen-bond donors (Lipinski definition) is 1. The van der Waals surface area contributed by atoms with Crippen LogP contribution < -0.4 is 5.32 Å². The van der Waals surface area contributed by atoms with Gasteiger partial charge in [0.25, 0.3) is 5.91 Å². The Labute approximate surface area is 169 Å². The Hall–Kier alpha value is -3.80. The van der Waals surface area contributed by atoms with Crippen molar-refractivity contribution < 1.29 is 4.79 Å². The number of benzene rings is 2. The topological polar surface area (TPSA) is 72.7 Å². The maximum atomic E-state index is 13.1. The summed E-state index contributed by atoms with van der Waals surface area (Å²) in [6.45, 7) is 3.92. The van der Waals surface area contributed by atoms with Gasteiger partial charge in [0.05, 0.1) is 29.2 Å². The minimum absolute atomic E-state index is 0.208. The summed E-state index contributed by atoms with van der Waals surface area (Å²) < 4.78 is 1.74. The highest BCUT2D eigenvalue weighted by Gasteiger charge is 2.21. The van der Waals surface area contributed by atoms with Gasteiger partial charge in [0.2, 0.25) is 0 Å². The number of rotatable bonds is 5. The summed E-state index contributed by atoms with van der Waals surface area (Å²) >= 11 is 0. The number of carbonyl (C=O) groups is 1. The van der Waals surface area contributed by atoms with Crippen LogP contribution in [-0.4, -0.2) is 25.7 Å². The zero-order valence-corrected chi connectivity index (χ0v) is 16.3. The van der Waals surface area contributed by atoms with Crippen molar-refractivity contribution in [1.82, 2.24) is 25.1 Å². The minimum atomic E-state index is -0.275. The SMILES string of the molecule is Cc1ccc(-n2cc(C(=O)N[C@H](C)c3cnccn3)c(-c3ccccc3)n2)cc1. The third-order valence-electron chi connectivity index (χ3n) is 4.68. The Kier molecular flexibility index (Phi) is 5.16. The fourth-order valence-corrected chi connectivity index (χ4v) is 3.06. The van der Waals surface area contributed by atoms with Crippen LogP contribution in [0, 0.1) is 6.92 Å². The fourth-order valence-electron chi connectivity index (χ4n) is 3.06. The van der Waals surface area contributed by atoms with E-state index in [2.05, 4.69) is 15.3 Å². The van der Waals surface area contributed by atoms with Crippen molar-refractivity contribution in [1.29, 1.82) is 0 Å². The van der Waals surface area contributed by atoms with Crippen LogP contribution in [0.4, 0.5) is 0 Å². The largest absolute Gasteiger partial charge is 0.344 e. The Morgan fingerprint density at radius 1 is 1.03 bits per heavy atom. The molecule has 0 saturated carbocycles. The van der Waals surface area contributed by atoms with Crippen LogP contribution in [0.2, 0.25) is 0 Å². The number of hydrogen-bond acceptors (Lipinski definition) is 4. The number of amides is 1. The number of aryl methyl sites for hydroxylation is 1. The first kappa shape index (κ1) is 18.6. The standard InChI is InChI=1S/C23H21N5O/c1-16-8-10-19(11-9-16)28-15-20(22(27-28)18-6-4-3-5-7-18)23(29)26-17(2)21-14-24-12-13-25-21/h3-15,17H,1-2H3,(H,26,29)/t17-/m1/s1. The Bertz CT molecular complexity index is 1110. The molecule has 0 aliphatic heterocycles. The van der Waals surface area contributed by atoms with E-state index in [0.717, 1.165) is 11.3 Å². The molecule has 0 spiro atoms. The van der Waals surface area contributed by atoms with Gasteiger partial charge in [-0.2, -0.15) is 5.10 Å². The molecule has 0 saturated heterocycles. The molecule has 1 N–H and O–H groups in total. The fraction of sp³-hybridized carbons (Fsp3) is 0.130. The summed E-state index contributed by atoms with van der Waals surface area (Å²) in [4.78, 5) is 21.4. The molecule has 0 radical (unpaired) electrons. The molecule has 0 fully saturated rings. The molecule has 0 bridgehead atoms. The second-order valence-corrected chi connectivity index (χ2v) is 6.86. The van der Waals surface area contributed by atoms with Crippen molar-refractivity contribution in [3.05, 3.63) is 96.2 Å². The van der Waals surface area contributed by atoms with Crippen LogP contribution in [0.5, 0.6) is 0 Å². The lowest BCUT2D eigenvalue weighted by Gasteiger charge is -2.12. The van der Waals surface area contributed by atoms with Gasteiger partial charge in [0.15, 0.2) is 0 Å². The zero-order valence-electron chi connectivity index (χ0n) is 16.3. The maximum absolute atomic E-state index is 13.1. The highest BCUT2D eigenvalue weighted by atomic mass is 16.1. The predicted octanol–water partition coefficient (Wildman–Crippen LogP) is 4.13. The van der Waals surface area contributed by atoms with E-state index in [1.165, 1.54) is 5.56 Å². The molecule has 29 heavy (non-hydrogen) atoms. The van der Waals surface area contributed by atoms with Crippen LogP contribution in [0.15, 0.2) is 79.4 Å². The lowest BCUT2D eigenvalue weighted by Crippen LogP contribution is -2.27. The molecule has 6 heteroatoms. The van der Waals surface area contributed by atoms with Crippen LogP contribution in [0.25, 0.3) is 16.9 Å². The van der Waals surface area contributed by atoms with Gasteiger partial charge in [-0.1, -0.05) is 48.0 Å². The molecular weight excluding hydrogens is 362 g/mol. The van der Waals surface area contributed by atoms with Gasteiger partial charge in [0, 0.05) is 24.2 Å². The Morgan fingerprint density at radius 2 is 1.79 bits per heavy atom. The highest BCUT2D eigenvalue weighted by Crippen LogP contribution is 2.24. The second kappa shape index (κ2) is 8.06. The van der Waals surface area contributed by atoms with Gasteiger partial charge in [-0.15, -0.1) is 0 Å². The molecule has 6 nitrogen and oxygen atoms in total. The van der Waals surface area contributed by atoms with E-state index in [0.29, 0.717) is 17.0 Å². The monoisotopic (exact) mass is 383 g/mol. The van der Waals surface area contributed by atoms with Crippen molar-refractivity contribution in [2.24, 2.45) is 0 Å². The van der Waals surface area contributed by atoms with E-state index in [1.54, 1.807) is 29.5 Å². The van der Waals surface area contributed by atoms with E-state index < -0.39 is 0 Å². The lowest BCUT2D eigenvalue weighted by molar-refractivity contribution is 0.0939. The molecule has 1 atom stereocenters. The molecular formula is C23H21N5O. The molecule has 0 aliphatic carbocycles. The second-order valence-electron chi connectivity index (χ2n) is 6.86. The summed E-state index contributed by atoms with van der Waals surface area (Å²) in [7, 11) is 0. The quantitative estimate of drug-likeness (QED) is 0.562. The molecule has 4 rings (SSSR count). The third kappa shape index (κ3) is 4.06. The first-order chi connectivity index (χ1) is 14.1. The molecule has 1 amide bonds. The van der Waals surface area contributed by atoms with Crippen LogP contribution >= 0.6 is 0 Å². The highest BCUT2D eigenvalue weighted by molar-refractivity contribution is 6.00. The Balaban J connectivity index is 1.70. The van der Waals surface area contributed by atoms with Gasteiger partial charge in [-0.3, -0.25) is 14.8 Å². The molecule has 2 heterocycles. The number of nitrogens with one attached hydrogen (secondary N) is 1. The van der Waals surface area contributed by atoms with Crippen molar-refractivity contribution >= 4 is 5.91 Å². The molecule has 2 aromatic carbocycles. The third-order valence-corrected chi connectivity index (χ3v) is 4.68. The van der Waals surface area contributed by atoms with Crippen molar-refractivity contribution in [3.8, 4) is 16.9 Å². The van der Waals surface area contributed by atoms with Crippen LogP contribution in [0.1, 0.15) is 34.6 Å². The first-order valence-corrected chi connectivity index (χ1v) is 9.41. The normalized spacial score (nSPS) is 11.8. The molecule has 144 valence electrons. The van der Waals surface area contributed by atoms with E-state index in [-0.39, 0.29) is 11.9 Å². The van der Waals surface area contributed by atoms with E-state index in [4.69, 9.17) is 5.10 Å². The Morgan fingerprint density at radius 3 is 2.48 bits per heavy atom. The molecule has 0 aliphatic rings. The summed E-state index contributed by atoms with van der Waals surface area (Å²) in [5, 5.41) is 7.71. The van der Waals surface area contributed by atoms with Gasteiger partial charge in [-0.05, 0) is 26.0 Å². The molecule has 2 aromatic heterocycles. The van der Waals surface area contributed by atoms with Gasteiger partial charge in [-0.25, -0.2) is 4.68 Å². The maximum Gasteiger partial charge on any atom is 0.255 e.